The topological polar surface area (TPSA) is 90.9 Å². The number of hydroxylamine groups is 1. The van der Waals surface area contributed by atoms with Crippen molar-refractivity contribution in [2.24, 2.45) is 5.92 Å². The molecule has 1 aromatic rings. The molecule has 1 rings (SSSR count). The van der Waals surface area contributed by atoms with E-state index in [-0.39, 0.29) is 26.2 Å². The molecule has 0 aromatic heterocycles. The molecule has 1 atom stereocenters. The molecule has 0 spiro atoms. The zero-order valence-corrected chi connectivity index (χ0v) is 15.9. The minimum atomic E-state index is -2.09. The lowest BCUT2D eigenvalue weighted by molar-refractivity contribution is -0.161. The number of carbonyl (C=O) groups is 3. The molecule has 0 aliphatic carbocycles. The third kappa shape index (κ3) is 6.00. The van der Waals surface area contributed by atoms with Crippen LogP contribution < -0.4 is 5.48 Å². The van der Waals surface area contributed by atoms with Crippen LogP contribution in [0.1, 0.15) is 32.8 Å². The van der Waals surface area contributed by atoms with Gasteiger partial charge in [0.05, 0.1) is 19.8 Å². The zero-order valence-electron chi connectivity index (χ0n) is 15.1. The maximum absolute atomic E-state index is 12.2. The van der Waals surface area contributed by atoms with Crippen LogP contribution in [0.25, 0.3) is 0 Å². The predicted molar refractivity (Wildman–Crippen MR) is 95.0 cm³/mol. The fourth-order valence-corrected chi connectivity index (χ4v) is 2.38. The Balaban J connectivity index is 2.66. The normalized spacial score (nSPS) is 12.2. The molecule has 1 N–H and O–H groups in total. The van der Waals surface area contributed by atoms with E-state index in [9.17, 15) is 14.4 Å². The van der Waals surface area contributed by atoms with Gasteiger partial charge in [0.1, 0.15) is 0 Å². The summed E-state index contributed by atoms with van der Waals surface area (Å²) < 4.78 is 9.76. The van der Waals surface area contributed by atoms with Crippen LogP contribution in [0.5, 0.6) is 0 Å². The number of carbonyl (C=O) groups excluding carboxylic acids is 3. The van der Waals surface area contributed by atoms with Crippen molar-refractivity contribution < 1.29 is 28.7 Å². The fourth-order valence-electron chi connectivity index (χ4n) is 2.19. The van der Waals surface area contributed by atoms with Crippen LogP contribution in [0, 0.1) is 5.92 Å². The first-order valence-corrected chi connectivity index (χ1v) is 8.71. The SMILES string of the molecule is CCOC(=O)C(Cl)(C(=O)OCC)C(C)CC(=O)NOCc1ccccc1. The first kappa shape index (κ1) is 21.9. The average molecular weight is 386 g/mol. The van der Waals surface area contributed by atoms with Crippen LogP contribution in [-0.4, -0.2) is 35.9 Å². The summed E-state index contributed by atoms with van der Waals surface area (Å²) in [6, 6.07) is 9.26. The summed E-state index contributed by atoms with van der Waals surface area (Å²) >= 11 is 6.25. The van der Waals surface area contributed by atoms with Gasteiger partial charge in [-0.05, 0) is 19.4 Å². The summed E-state index contributed by atoms with van der Waals surface area (Å²) in [7, 11) is 0. The quantitative estimate of drug-likeness (QED) is 0.288. The number of ether oxygens (including phenoxy) is 2. The molecule has 1 aromatic carbocycles. The Morgan fingerprint density at radius 3 is 2.12 bits per heavy atom. The third-order valence-corrected chi connectivity index (χ3v) is 4.26. The van der Waals surface area contributed by atoms with Crippen molar-refractivity contribution in [3.63, 3.8) is 0 Å². The van der Waals surface area contributed by atoms with Gasteiger partial charge < -0.3 is 9.47 Å². The Hall–Kier alpha value is -2.12. The lowest BCUT2D eigenvalue weighted by atomic mass is 9.90. The van der Waals surface area contributed by atoms with Crippen molar-refractivity contribution in [3.05, 3.63) is 35.9 Å². The molecule has 0 saturated carbocycles. The van der Waals surface area contributed by atoms with Crippen LogP contribution in [0.3, 0.4) is 0 Å². The second-order valence-electron chi connectivity index (χ2n) is 5.56. The number of rotatable bonds is 10. The van der Waals surface area contributed by atoms with E-state index in [1.54, 1.807) is 13.8 Å². The standard InChI is InChI=1S/C18H24ClNO6/c1-4-24-16(22)18(19,17(23)25-5-2)13(3)11-15(21)20-26-12-14-9-7-6-8-10-14/h6-10,13H,4-5,11-12H2,1-3H3,(H,20,21). The van der Waals surface area contributed by atoms with Crippen molar-refractivity contribution in [1.82, 2.24) is 5.48 Å². The number of hydrogen-bond acceptors (Lipinski definition) is 6. The smallest absolute Gasteiger partial charge is 0.339 e. The number of nitrogens with one attached hydrogen (secondary N) is 1. The maximum atomic E-state index is 12.2. The van der Waals surface area contributed by atoms with E-state index in [0.717, 1.165) is 5.56 Å². The lowest BCUT2D eigenvalue weighted by Gasteiger charge is -2.28. The highest BCUT2D eigenvalue weighted by molar-refractivity contribution is 6.45. The first-order chi connectivity index (χ1) is 12.4. The summed E-state index contributed by atoms with van der Waals surface area (Å²) in [5.41, 5.74) is 3.15. The molecule has 26 heavy (non-hydrogen) atoms. The van der Waals surface area contributed by atoms with Gasteiger partial charge in [0.25, 0.3) is 0 Å². The number of benzene rings is 1. The van der Waals surface area contributed by atoms with Crippen LogP contribution in [-0.2, 0) is 35.3 Å². The highest BCUT2D eigenvalue weighted by Gasteiger charge is 2.52. The Morgan fingerprint density at radius 2 is 1.62 bits per heavy atom. The van der Waals surface area contributed by atoms with E-state index in [1.807, 2.05) is 30.3 Å². The molecular weight excluding hydrogens is 362 g/mol. The van der Waals surface area contributed by atoms with Gasteiger partial charge in [-0.15, -0.1) is 0 Å². The highest BCUT2D eigenvalue weighted by atomic mass is 35.5. The molecule has 1 amide bonds. The molecule has 8 heteroatoms. The molecule has 0 fully saturated rings. The molecular formula is C18H24ClNO6. The molecule has 0 heterocycles. The van der Waals surface area contributed by atoms with E-state index in [2.05, 4.69) is 5.48 Å². The Kier molecular flexibility index (Phi) is 9.09. The van der Waals surface area contributed by atoms with E-state index in [1.165, 1.54) is 6.92 Å². The molecule has 0 radical (unpaired) electrons. The van der Waals surface area contributed by atoms with E-state index in [4.69, 9.17) is 25.9 Å². The average Bonchev–Trinajstić information content (AvgIpc) is 2.62. The van der Waals surface area contributed by atoms with Crippen LogP contribution in [0.4, 0.5) is 0 Å². The highest BCUT2D eigenvalue weighted by Crippen LogP contribution is 2.31. The maximum Gasteiger partial charge on any atom is 0.339 e. The minimum Gasteiger partial charge on any atom is -0.464 e. The van der Waals surface area contributed by atoms with E-state index < -0.39 is 28.6 Å². The van der Waals surface area contributed by atoms with Crippen molar-refractivity contribution in [1.29, 1.82) is 0 Å². The third-order valence-electron chi connectivity index (χ3n) is 3.58. The van der Waals surface area contributed by atoms with Crippen LogP contribution in [0.15, 0.2) is 30.3 Å². The summed E-state index contributed by atoms with van der Waals surface area (Å²) in [4.78, 5) is 39.5. The minimum absolute atomic E-state index is 0.0474. The molecule has 1 unspecified atom stereocenters. The predicted octanol–water partition coefficient (Wildman–Crippen LogP) is 2.36. The van der Waals surface area contributed by atoms with E-state index >= 15 is 0 Å². The number of hydrogen-bond donors (Lipinski definition) is 1. The summed E-state index contributed by atoms with van der Waals surface area (Å²) in [5.74, 6) is -3.27. The summed E-state index contributed by atoms with van der Waals surface area (Å²) in [5, 5.41) is 0. The van der Waals surface area contributed by atoms with Gasteiger partial charge in [0, 0.05) is 12.3 Å². The largest absolute Gasteiger partial charge is 0.464 e. The summed E-state index contributed by atoms with van der Waals surface area (Å²) in [6.07, 6.45) is -0.226. The van der Waals surface area contributed by atoms with Crippen molar-refractivity contribution in [3.8, 4) is 0 Å². The Labute approximate surface area is 157 Å². The number of halogens is 1. The van der Waals surface area contributed by atoms with Gasteiger partial charge in [0.15, 0.2) is 0 Å². The Bertz CT molecular complexity index is 589. The Morgan fingerprint density at radius 1 is 1.08 bits per heavy atom. The van der Waals surface area contributed by atoms with Gasteiger partial charge in [-0.1, -0.05) is 48.9 Å². The first-order valence-electron chi connectivity index (χ1n) is 8.34. The zero-order chi connectivity index (χ0) is 19.6. The second kappa shape index (κ2) is 10.8. The van der Waals surface area contributed by atoms with Gasteiger partial charge in [-0.2, -0.15) is 0 Å². The molecule has 0 bridgehead atoms. The van der Waals surface area contributed by atoms with E-state index in [0.29, 0.717) is 0 Å². The van der Waals surface area contributed by atoms with Crippen LogP contribution in [0.2, 0.25) is 0 Å². The monoisotopic (exact) mass is 385 g/mol. The van der Waals surface area contributed by atoms with Gasteiger partial charge in [0.2, 0.25) is 10.8 Å². The lowest BCUT2D eigenvalue weighted by Crippen LogP contribution is -2.50. The number of esters is 2. The molecule has 0 aliphatic heterocycles. The second-order valence-corrected chi connectivity index (χ2v) is 6.15. The van der Waals surface area contributed by atoms with Crippen molar-refractivity contribution in [2.75, 3.05) is 13.2 Å². The van der Waals surface area contributed by atoms with Crippen LogP contribution >= 0.6 is 11.6 Å². The molecule has 7 nitrogen and oxygen atoms in total. The van der Waals surface area contributed by atoms with Crippen molar-refractivity contribution in [2.45, 2.75) is 38.7 Å². The van der Waals surface area contributed by atoms with Gasteiger partial charge in [-0.3, -0.25) is 9.63 Å². The number of amides is 1. The summed E-state index contributed by atoms with van der Waals surface area (Å²) in [6.45, 7) is 4.96. The van der Waals surface area contributed by atoms with Gasteiger partial charge >= 0.3 is 11.9 Å². The molecule has 0 saturated heterocycles. The number of alkyl halides is 1. The van der Waals surface area contributed by atoms with Gasteiger partial charge in [-0.25, -0.2) is 15.1 Å². The van der Waals surface area contributed by atoms with Crippen molar-refractivity contribution >= 4 is 29.4 Å². The fraction of sp³-hybridized carbons (Fsp3) is 0.500. The molecule has 144 valence electrons. The molecule has 0 aliphatic rings.